The standard InChI is InChI=1S/C12H21N3O7/c1-7(16)12(15,5-2-6-13)11(20)22-21-10(19)8(14)3-4-9(17)18/h8H,2-6,13-15H2,1H3,(H,17,18)/t8-,12?/m1/s1. The Kier molecular flexibility index (Phi) is 8.23. The van der Waals surface area contributed by atoms with E-state index in [0.717, 1.165) is 6.92 Å². The normalized spacial score (nSPS) is 14.5. The quantitative estimate of drug-likeness (QED) is 0.215. The summed E-state index contributed by atoms with van der Waals surface area (Å²) in [5, 5.41) is 8.46. The van der Waals surface area contributed by atoms with E-state index in [1.54, 1.807) is 0 Å². The molecule has 0 saturated carbocycles. The van der Waals surface area contributed by atoms with Gasteiger partial charge in [-0.2, -0.15) is 0 Å². The third-order valence-electron chi connectivity index (χ3n) is 2.94. The SMILES string of the molecule is CC(=O)C(N)(CCCN)C(=O)OOC(=O)[C@H](N)CCC(=O)O. The van der Waals surface area contributed by atoms with Gasteiger partial charge in [-0.15, -0.1) is 0 Å². The summed E-state index contributed by atoms with van der Waals surface area (Å²) >= 11 is 0. The second-order valence-corrected chi connectivity index (χ2v) is 4.73. The van der Waals surface area contributed by atoms with Crippen molar-refractivity contribution in [1.29, 1.82) is 0 Å². The van der Waals surface area contributed by atoms with Crippen molar-refractivity contribution < 1.29 is 34.1 Å². The summed E-state index contributed by atoms with van der Waals surface area (Å²) in [6.07, 6.45) is -0.327. The Labute approximate surface area is 126 Å². The Hall–Kier alpha value is -2.04. The van der Waals surface area contributed by atoms with Gasteiger partial charge in [0.25, 0.3) is 0 Å². The van der Waals surface area contributed by atoms with Gasteiger partial charge in [-0.05, 0) is 32.7 Å². The Morgan fingerprint density at radius 3 is 2.27 bits per heavy atom. The second kappa shape index (κ2) is 9.07. The van der Waals surface area contributed by atoms with Crippen LogP contribution in [0.4, 0.5) is 0 Å². The molecular weight excluding hydrogens is 298 g/mol. The molecule has 10 nitrogen and oxygen atoms in total. The second-order valence-electron chi connectivity index (χ2n) is 4.73. The summed E-state index contributed by atoms with van der Waals surface area (Å²) in [6.45, 7) is 1.30. The number of carboxylic acids is 1. The first kappa shape index (κ1) is 20.0. The molecule has 0 aromatic heterocycles. The van der Waals surface area contributed by atoms with Crippen molar-refractivity contribution in [3.8, 4) is 0 Å². The molecule has 0 rings (SSSR count). The number of carbonyl (C=O) groups is 4. The van der Waals surface area contributed by atoms with Crippen LogP contribution in [0.15, 0.2) is 0 Å². The highest BCUT2D eigenvalue weighted by molar-refractivity contribution is 6.07. The van der Waals surface area contributed by atoms with Gasteiger partial charge in [0, 0.05) is 6.42 Å². The maximum Gasteiger partial charge on any atom is 0.382 e. The zero-order valence-electron chi connectivity index (χ0n) is 12.2. The van der Waals surface area contributed by atoms with Crippen LogP contribution in [-0.2, 0) is 29.0 Å². The van der Waals surface area contributed by atoms with E-state index in [9.17, 15) is 19.2 Å². The molecule has 0 radical (unpaired) electrons. The van der Waals surface area contributed by atoms with Crippen molar-refractivity contribution in [2.24, 2.45) is 17.2 Å². The number of ketones is 1. The number of nitrogens with two attached hydrogens (primary N) is 3. The van der Waals surface area contributed by atoms with Crippen LogP contribution in [-0.4, -0.2) is 46.9 Å². The smallest absolute Gasteiger partial charge is 0.382 e. The van der Waals surface area contributed by atoms with E-state index in [-0.39, 0.29) is 32.2 Å². The molecule has 0 aliphatic carbocycles. The Morgan fingerprint density at radius 2 is 1.82 bits per heavy atom. The molecule has 0 aromatic rings. The first-order valence-corrected chi connectivity index (χ1v) is 6.55. The van der Waals surface area contributed by atoms with Crippen LogP contribution in [0.25, 0.3) is 0 Å². The number of carbonyl (C=O) groups excluding carboxylic acids is 3. The van der Waals surface area contributed by atoms with Crippen molar-refractivity contribution in [2.75, 3.05) is 6.54 Å². The molecule has 1 unspecified atom stereocenters. The number of rotatable bonds is 9. The van der Waals surface area contributed by atoms with Gasteiger partial charge in [0.2, 0.25) is 0 Å². The van der Waals surface area contributed by atoms with Gasteiger partial charge < -0.3 is 22.3 Å². The summed E-state index contributed by atoms with van der Waals surface area (Å²) in [6, 6.07) is -1.28. The lowest BCUT2D eigenvalue weighted by molar-refractivity contribution is -0.263. The summed E-state index contributed by atoms with van der Waals surface area (Å²) in [5.41, 5.74) is 14.3. The summed E-state index contributed by atoms with van der Waals surface area (Å²) in [7, 11) is 0. The number of hydrogen-bond acceptors (Lipinski definition) is 9. The van der Waals surface area contributed by atoms with E-state index in [4.69, 9.17) is 22.3 Å². The summed E-state index contributed by atoms with van der Waals surface area (Å²) in [4.78, 5) is 53.5. The zero-order valence-corrected chi connectivity index (χ0v) is 12.2. The average molecular weight is 319 g/mol. The van der Waals surface area contributed by atoms with Gasteiger partial charge >= 0.3 is 17.9 Å². The molecule has 10 heteroatoms. The van der Waals surface area contributed by atoms with E-state index in [0.29, 0.717) is 0 Å². The van der Waals surface area contributed by atoms with Crippen LogP contribution >= 0.6 is 0 Å². The van der Waals surface area contributed by atoms with Crippen molar-refractivity contribution in [2.45, 2.75) is 44.2 Å². The van der Waals surface area contributed by atoms with Crippen LogP contribution in [0.2, 0.25) is 0 Å². The van der Waals surface area contributed by atoms with Gasteiger partial charge in [0.05, 0.1) is 0 Å². The third-order valence-corrected chi connectivity index (χ3v) is 2.94. The fraction of sp³-hybridized carbons (Fsp3) is 0.667. The topological polar surface area (TPSA) is 185 Å². The summed E-state index contributed by atoms with van der Waals surface area (Å²) < 4.78 is 0. The van der Waals surface area contributed by atoms with E-state index < -0.39 is 35.3 Å². The molecular formula is C12H21N3O7. The number of Topliss-reactive ketones (excluding diaryl/α,β-unsaturated/α-hetero) is 1. The molecule has 22 heavy (non-hydrogen) atoms. The highest BCUT2D eigenvalue weighted by Gasteiger charge is 2.42. The van der Waals surface area contributed by atoms with E-state index >= 15 is 0 Å². The number of carboxylic acid groups (broad SMARTS) is 1. The van der Waals surface area contributed by atoms with E-state index in [1.807, 2.05) is 0 Å². The first-order chi connectivity index (χ1) is 10.1. The molecule has 0 amide bonds. The maximum atomic E-state index is 11.8. The molecule has 0 spiro atoms. The van der Waals surface area contributed by atoms with E-state index in [1.165, 1.54) is 0 Å². The van der Waals surface area contributed by atoms with Crippen LogP contribution in [0.3, 0.4) is 0 Å². The fourth-order valence-corrected chi connectivity index (χ4v) is 1.41. The zero-order chi connectivity index (χ0) is 17.3. The predicted molar refractivity (Wildman–Crippen MR) is 72.9 cm³/mol. The van der Waals surface area contributed by atoms with Crippen molar-refractivity contribution >= 4 is 23.7 Å². The number of aliphatic carboxylic acids is 1. The van der Waals surface area contributed by atoms with Gasteiger partial charge in [-0.25, -0.2) is 19.4 Å². The van der Waals surface area contributed by atoms with Crippen LogP contribution in [0.1, 0.15) is 32.6 Å². The minimum absolute atomic E-state index is 0.0692. The molecule has 2 atom stereocenters. The predicted octanol–water partition coefficient (Wildman–Crippen LogP) is -1.79. The molecule has 0 aliphatic rings. The average Bonchev–Trinajstić information content (AvgIpc) is 2.46. The summed E-state index contributed by atoms with van der Waals surface area (Å²) in [5.74, 6) is -4.19. The molecule has 0 saturated heterocycles. The first-order valence-electron chi connectivity index (χ1n) is 6.55. The Balaban J connectivity index is 4.53. The lowest BCUT2D eigenvalue weighted by atomic mass is 9.90. The minimum Gasteiger partial charge on any atom is -0.481 e. The highest BCUT2D eigenvalue weighted by Crippen LogP contribution is 2.14. The van der Waals surface area contributed by atoms with Gasteiger partial charge in [0.15, 0.2) is 11.3 Å². The molecule has 126 valence electrons. The van der Waals surface area contributed by atoms with Crippen molar-refractivity contribution in [1.82, 2.24) is 0 Å². The minimum atomic E-state index is -1.97. The monoisotopic (exact) mass is 319 g/mol. The Bertz CT molecular complexity index is 440. The van der Waals surface area contributed by atoms with Crippen LogP contribution in [0, 0.1) is 0 Å². The van der Waals surface area contributed by atoms with Gasteiger partial charge in [-0.3, -0.25) is 9.59 Å². The maximum absolute atomic E-state index is 11.8. The fourth-order valence-electron chi connectivity index (χ4n) is 1.41. The van der Waals surface area contributed by atoms with Crippen molar-refractivity contribution in [3.63, 3.8) is 0 Å². The lowest BCUT2D eigenvalue weighted by Crippen LogP contribution is -2.55. The number of hydrogen-bond donors (Lipinski definition) is 4. The third kappa shape index (κ3) is 6.16. The molecule has 0 bridgehead atoms. The van der Waals surface area contributed by atoms with Gasteiger partial charge in [-0.1, -0.05) is 0 Å². The van der Waals surface area contributed by atoms with Crippen LogP contribution in [0.5, 0.6) is 0 Å². The Morgan fingerprint density at radius 1 is 1.23 bits per heavy atom. The highest BCUT2D eigenvalue weighted by atomic mass is 17.2. The van der Waals surface area contributed by atoms with E-state index in [2.05, 4.69) is 9.78 Å². The van der Waals surface area contributed by atoms with Gasteiger partial charge in [0.1, 0.15) is 6.04 Å². The molecule has 0 aliphatic heterocycles. The molecule has 0 aromatic carbocycles. The van der Waals surface area contributed by atoms with Crippen LogP contribution < -0.4 is 17.2 Å². The lowest BCUT2D eigenvalue weighted by Gasteiger charge is -2.22. The largest absolute Gasteiger partial charge is 0.481 e. The van der Waals surface area contributed by atoms with Crippen molar-refractivity contribution in [3.05, 3.63) is 0 Å². The molecule has 0 heterocycles. The molecule has 0 fully saturated rings. The molecule has 7 N–H and O–H groups in total.